The summed E-state index contributed by atoms with van der Waals surface area (Å²) in [5.74, 6) is -2.39. The van der Waals surface area contributed by atoms with Gasteiger partial charge in [-0.15, -0.1) is 0 Å². The Kier molecular flexibility index (Phi) is 2.75. The van der Waals surface area contributed by atoms with Gasteiger partial charge in [0.1, 0.15) is 0 Å². The van der Waals surface area contributed by atoms with Gasteiger partial charge in [-0.2, -0.15) is 0 Å². The molecule has 2 rings (SSSR count). The van der Waals surface area contributed by atoms with Crippen molar-refractivity contribution in [2.75, 3.05) is 0 Å². The van der Waals surface area contributed by atoms with Crippen molar-refractivity contribution in [3.8, 4) is 0 Å². The van der Waals surface area contributed by atoms with Crippen LogP contribution in [0.3, 0.4) is 0 Å². The Morgan fingerprint density at radius 3 is 2.76 bits per heavy atom. The molecule has 5 nitrogen and oxygen atoms in total. The number of carbonyl (C=O) groups is 2. The molecule has 0 saturated heterocycles. The molecule has 0 amide bonds. The van der Waals surface area contributed by atoms with Crippen molar-refractivity contribution in [3.63, 3.8) is 0 Å². The van der Waals surface area contributed by atoms with Crippen molar-refractivity contribution in [1.82, 2.24) is 4.98 Å². The van der Waals surface area contributed by atoms with Crippen LogP contribution < -0.4 is 0 Å². The molecule has 2 heterocycles. The number of carbonyl (C=O) groups excluding carboxylic acids is 1. The van der Waals surface area contributed by atoms with Crippen LogP contribution in [0.25, 0.3) is 0 Å². The molecule has 0 aliphatic carbocycles. The number of aromatic nitrogens is 1. The monoisotopic (exact) mass is 232 g/mol. The molecule has 1 aliphatic heterocycles. The van der Waals surface area contributed by atoms with Crippen molar-refractivity contribution in [2.24, 2.45) is 10.9 Å². The molecule has 0 aromatic carbocycles. The molecule has 0 bridgehead atoms. The number of aryl methyl sites for hydroxylation is 1. The first-order valence-corrected chi connectivity index (χ1v) is 5.36. The van der Waals surface area contributed by atoms with Crippen LogP contribution in [-0.4, -0.2) is 27.6 Å². The first-order chi connectivity index (χ1) is 8.04. The van der Waals surface area contributed by atoms with E-state index in [2.05, 4.69) is 9.98 Å². The molecule has 88 valence electrons. The molecule has 1 atom stereocenters. The molecular formula is C12H12N2O3. The van der Waals surface area contributed by atoms with Crippen molar-refractivity contribution in [1.29, 1.82) is 0 Å². The topological polar surface area (TPSA) is 79.6 Å². The minimum absolute atomic E-state index is 0.292. The summed E-state index contributed by atoms with van der Waals surface area (Å²) in [6.07, 6.45) is 0.428. The van der Waals surface area contributed by atoms with Crippen LogP contribution in [0.2, 0.25) is 0 Å². The first-order valence-electron chi connectivity index (χ1n) is 5.36. The largest absolute Gasteiger partial charge is 0.480 e. The van der Waals surface area contributed by atoms with E-state index < -0.39 is 17.7 Å². The maximum absolute atomic E-state index is 12.0. The number of aliphatic imine (C=N–C) groups is 1. The highest BCUT2D eigenvalue weighted by atomic mass is 16.4. The van der Waals surface area contributed by atoms with E-state index in [0.29, 0.717) is 23.5 Å². The fraction of sp³-hybridized carbons (Fsp3) is 0.333. The van der Waals surface area contributed by atoms with Gasteiger partial charge in [0.25, 0.3) is 0 Å². The van der Waals surface area contributed by atoms with E-state index >= 15 is 0 Å². The first kappa shape index (κ1) is 11.4. The van der Waals surface area contributed by atoms with Gasteiger partial charge in [0.2, 0.25) is 0 Å². The van der Waals surface area contributed by atoms with Gasteiger partial charge in [-0.05, 0) is 25.5 Å². The number of fused-ring (bicyclic) bond motifs is 1. The summed E-state index contributed by atoms with van der Waals surface area (Å²) >= 11 is 0. The molecule has 1 unspecified atom stereocenters. The van der Waals surface area contributed by atoms with E-state index in [4.69, 9.17) is 5.11 Å². The van der Waals surface area contributed by atoms with Gasteiger partial charge in [0, 0.05) is 11.4 Å². The molecule has 0 fully saturated rings. The molecule has 0 spiro atoms. The van der Waals surface area contributed by atoms with Crippen molar-refractivity contribution >= 4 is 23.3 Å². The van der Waals surface area contributed by atoms with Gasteiger partial charge in [-0.3, -0.25) is 9.59 Å². The molecule has 17 heavy (non-hydrogen) atoms. The van der Waals surface area contributed by atoms with Crippen LogP contribution in [0, 0.1) is 12.8 Å². The van der Waals surface area contributed by atoms with Gasteiger partial charge in [0.15, 0.2) is 17.5 Å². The standard InChI is InChI=1S/C12H12N2O3/c1-3-8-9(12(16)17)10(15)7-5-4-6(2)13-11(7)14-8/h4-5,9H,3H2,1-2H3,(H,16,17). The fourth-order valence-electron chi connectivity index (χ4n) is 1.87. The van der Waals surface area contributed by atoms with Crippen LogP contribution in [-0.2, 0) is 4.79 Å². The molecule has 1 aromatic heterocycles. The van der Waals surface area contributed by atoms with E-state index in [1.54, 1.807) is 26.0 Å². The third-order valence-corrected chi connectivity index (χ3v) is 2.73. The lowest BCUT2D eigenvalue weighted by Crippen LogP contribution is -2.34. The van der Waals surface area contributed by atoms with Crippen molar-refractivity contribution in [3.05, 3.63) is 23.4 Å². The summed E-state index contributed by atoms with van der Waals surface area (Å²) < 4.78 is 0. The highest BCUT2D eigenvalue weighted by Crippen LogP contribution is 2.28. The lowest BCUT2D eigenvalue weighted by Gasteiger charge is -2.19. The Labute approximate surface area is 98.2 Å². The van der Waals surface area contributed by atoms with Crippen LogP contribution >= 0.6 is 0 Å². The smallest absolute Gasteiger partial charge is 0.320 e. The summed E-state index contributed by atoms with van der Waals surface area (Å²) in [5.41, 5.74) is 1.41. The molecule has 0 radical (unpaired) electrons. The van der Waals surface area contributed by atoms with Crippen molar-refractivity contribution < 1.29 is 14.7 Å². The van der Waals surface area contributed by atoms with Gasteiger partial charge in [-0.25, -0.2) is 9.98 Å². The van der Waals surface area contributed by atoms with Gasteiger partial charge >= 0.3 is 5.97 Å². The number of hydrogen-bond acceptors (Lipinski definition) is 4. The Hall–Kier alpha value is -2.04. The van der Waals surface area contributed by atoms with Crippen LogP contribution in [0.15, 0.2) is 17.1 Å². The summed E-state index contributed by atoms with van der Waals surface area (Å²) in [6, 6.07) is 3.27. The van der Waals surface area contributed by atoms with E-state index in [0.717, 1.165) is 5.69 Å². The summed E-state index contributed by atoms with van der Waals surface area (Å²) in [6.45, 7) is 3.58. The predicted molar refractivity (Wildman–Crippen MR) is 61.8 cm³/mol. The number of Topliss-reactive ketones (excluding diaryl/α,β-unsaturated/α-hetero) is 1. The number of ketones is 1. The van der Waals surface area contributed by atoms with Gasteiger partial charge in [-0.1, -0.05) is 6.92 Å². The summed E-state index contributed by atoms with van der Waals surface area (Å²) in [7, 11) is 0. The summed E-state index contributed by atoms with van der Waals surface area (Å²) in [5, 5.41) is 9.07. The van der Waals surface area contributed by atoms with E-state index in [-0.39, 0.29) is 0 Å². The second-order valence-corrected chi connectivity index (χ2v) is 3.92. The number of aliphatic carboxylic acids is 1. The lowest BCUT2D eigenvalue weighted by molar-refractivity contribution is -0.138. The maximum Gasteiger partial charge on any atom is 0.320 e. The third kappa shape index (κ3) is 1.84. The second kappa shape index (κ2) is 4.08. The van der Waals surface area contributed by atoms with E-state index in [1.165, 1.54) is 0 Å². The number of pyridine rings is 1. The average Bonchev–Trinajstić information content (AvgIpc) is 2.27. The number of nitrogens with zero attached hydrogens (tertiary/aromatic N) is 2. The van der Waals surface area contributed by atoms with E-state index in [1.807, 2.05) is 0 Å². The Morgan fingerprint density at radius 1 is 1.47 bits per heavy atom. The molecule has 1 N–H and O–H groups in total. The molecule has 1 aliphatic rings. The lowest BCUT2D eigenvalue weighted by atomic mass is 9.89. The Bertz CT molecular complexity index is 535. The van der Waals surface area contributed by atoms with Crippen LogP contribution in [0.1, 0.15) is 29.4 Å². The zero-order valence-electron chi connectivity index (χ0n) is 9.60. The highest BCUT2D eigenvalue weighted by molar-refractivity contribution is 6.27. The van der Waals surface area contributed by atoms with Gasteiger partial charge < -0.3 is 5.11 Å². The number of hydrogen-bond donors (Lipinski definition) is 1. The normalized spacial score (nSPS) is 18.6. The van der Waals surface area contributed by atoms with Crippen LogP contribution in [0.5, 0.6) is 0 Å². The molecule has 0 saturated carbocycles. The van der Waals surface area contributed by atoms with Crippen molar-refractivity contribution in [2.45, 2.75) is 20.3 Å². The minimum Gasteiger partial charge on any atom is -0.480 e. The Balaban J connectivity index is 2.60. The fourth-order valence-corrected chi connectivity index (χ4v) is 1.87. The predicted octanol–water partition coefficient (Wildman–Crippen LogP) is 1.77. The quantitative estimate of drug-likeness (QED) is 0.788. The number of carboxylic acid groups (broad SMARTS) is 1. The molecular weight excluding hydrogens is 220 g/mol. The van der Waals surface area contributed by atoms with Crippen LogP contribution in [0.4, 0.5) is 5.82 Å². The summed E-state index contributed by atoms with van der Waals surface area (Å²) in [4.78, 5) is 31.5. The zero-order chi connectivity index (χ0) is 12.6. The van der Waals surface area contributed by atoms with E-state index in [9.17, 15) is 9.59 Å². The highest BCUT2D eigenvalue weighted by Gasteiger charge is 2.36. The zero-order valence-corrected chi connectivity index (χ0v) is 9.60. The molecule has 5 heteroatoms. The number of carboxylic acids is 1. The second-order valence-electron chi connectivity index (χ2n) is 3.92. The Morgan fingerprint density at radius 2 is 2.18 bits per heavy atom. The third-order valence-electron chi connectivity index (χ3n) is 2.73. The maximum atomic E-state index is 12.0. The minimum atomic E-state index is -1.16. The number of rotatable bonds is 2. The SMILES string of the molecule is CCC1=Nc2nc(C)ccc2C(=O)C1C(=O)O. The van der Waals surface area contributed by atoms with Gasteiger partial charge in [0.05, 0.1) is 5.56 Å². The average molecular weight is 232 g/mol. The molecule has 1 aromatic rings.